The van der Waals surface area contributed by atoms with Crippen LogP contribution in [0.5, 0.6) is 5.75 Å². The molecule has 1 aliphatic heterocycles. The number of nitrogens with one attached hydrogen (secondary N) is 3. The molecule has 0 spiro atoms. The Labute approximate surface area is 151 Å². The van der Waals surface area contributed by atoms with Crippen LogP contribution in [0.25, 0.3) is 10.9 Å². The van der Waals surface area contributed by atoms with Crippen molar-refractivity contribution in [2.75, 3.05) is 19.7 Å². The summed E-state index contributed by atoms with van der Waals surface area (Å²) in [5.41, 5.74) is 3.38. The summed E-state index contributed by atoms with van der Waals surface area (Å²) in [4.78, 5) is 16.7. The number of carbonyl (C=O) groups is 1. The monoisotopic (exact) mass is 351 g/mol. The van der Waals surface area contributed by atoms with Gasteiger partial charge in [-0.25, -0.2) is 0 Å². The van der Waals surface area contributed by atoms with Crippen molar-refractivity contribution in [1.82, 2.24) is 25.8 Å². The molecule has 0 atom stereocenters. The maximum absolute atomic E-state index is 12.3. The Morgan fingerprint density at radius 3 is 3.15 bits per heavy atom. The zero-order valence-electron chi connectivity index (χ0n) is 14.4. The third kappa shape index (κ3) is 3.39. The number of amides is 1. The highest BCUT2D eigenvalue weighted by Crippen LogP contribution is 2.22. The van der Waals surface area contributed by atoms with E-state index in [0.29, 0.717) is 31.8 Å². The first-order chi connectivity index (χ1) is 12.8. The highest BCUT2D eigenvalue weighted by Gasteiger charge is 2.21. The lowest BCUT2D eigenvalue weighted by Crippen LogP contribution is -2.29. The highest BCUT2D eigenvalue weighted by atomic mass is 16.5. The summed E-state index contributed by atoms with van der Waals surface area (Å²) in [7, 11) is 0. The zero-order valence-corrected chi connectivity index (χ0v) is 14.4. The average Bonchev–Trinajstić information content (AvgIpc) is 3.12. The molecule has 7 nitrogen and oxygen atoms in total. The zero-order chi connectivity index (χ0) is 17.8. The number of hydrogen-bond acceptors (Lipinski definition) is 5. The summed E-state index contributed by atoms with van der Waals surface area (Å²) in [6, 6.07) is 9.79. The van der Waals surface area contributed by atoms with Gasteiger partial charge in [-0.2, -0.15) is 5.10 Å². The van der Waals surface area contributed by atoms with Crippen molar-refractivity contribution < 1.29 is 9.53 Å². The predicted octanol–water partition coefficient (Wildman–Crippen LogP) is 1.80. The molecule has 26 heavy (non-hydrogen) atoms. The largest absolute Gasteiger partial charge is 0.491 e. The lowest BCUT2D eigenvalue weighted by atomic mass is 10.1. The number of carbonyl (C=O) groups excluding carboxylic acids is 1. The molecule has 7 heteroatoms. The number of hydrogen-bond donors (Lipinski definition) is 3. The van der Waals surface area contributed by atoms with Gasteiger partial charge >= 0.3 is 0 Å². The Bertz CT molecular complexity index is 916. The van der Waals surface area contributed by atoms with Crippen LogP contribution in [0, 0.1) is 0 Å². The third-order valence-electron chi connectivity index (χ3n) is 4.48. The number of para-hydroxylation sites is 1. The maximum Gasteiger partial charge on any atom is 0.272 e. The molecule has 0 radical (unpaired) electrons. The molecule has 4 rings (SSSR count). The smallest absolute Gasteiger partial charge is 0.272 e. The Hall–Kier alpha value is -2.93. The molecule has 134 valence electrons. The van der Waals surface area contributed by atoms with Crippen molar-refractivity contribution in [1.29, 1.82) is 0 Å². The summed E-state index contributed by atoms with van der Waals surface area (Å²) >= 11 is 0. The van der Waals surface area contributed by atoms with Gasteiger partial charge in [0.2, 0.25) is 0 Å². The van der Waals surface area contributed by atoms with Crippen LogP contribution in [0.2, 0.25) is 0 Å². The van der Waals surface area contributed by atoms with E-state index in [-0.39, 0.29) is 5.91 Å². The van der Waals surface area contributed by atoms with Crippen LogP contribution in [0.3, 0.4) is 0 Å². The fourth-order valence-electron chi connectivity index (χ4n) is 3.15. The molecule has 0 bridgehead atoms. The molecule has 0 saturated heterocycles. The van der Waals surface area contributed by atoms with E-state index in [1.807, 2.05) is 30.3 Å². The average molecular weight is 351 g/mol. The van der Waals surface area contributed by atoms with Crippen molar-refractivity contribution in [3.63, 3.8) is 0 Å². The quantitative estimate of drug-likeness (QED) is 0.589. The summed E-state index contributed by atoms with van der Waals surface area (Å²) in [5.74, 6) is 0.625. The third-order valence-corrected chi connectivity index (χ3v) is 4.48. The molecule has 0 fully saturated rings. The van der Waals surface area contributed by atoms with Crippen molar-refractivity contribution in [3.8, 4) is 5.75 Å². The van der Waals surface area contributed by atoms with Crippen LogP contribution in [0.15, 0.2) is 36.5 Å². The number of aromatic nitrogens is 3. The molecule has 0 unspecified atom stereocenters. The first kappa shape index (κ1) is 16.5. The van der Waals surface area contributed by atoms with Gasteiger partial charge in [0.25, 0.3) is 5.91 Å². The Kier molecular flexibility index (Phi) is 4.79. The minimum absolute atomic E-state index is 0.141. The number of ether oxygens (including phenoxy) is 1. The molecule has 2 aromatic heterocycles. The van der Waals surface area contributed by atoms with E-state index in [1.54, 1.807) is 6.20 Å². The van der Waals surface area contributed by atoms with Gasteiger partial charge in [0, 0.05) is 48.9 Å². The second kappa shape index (κ2) is 7.53. The van der Waals surface area contributed by atoms with Crippen molar-refractivity contribution >= 4 is 16.8 Å². The van der Waals surface area contributed by atoms with Crippen LogP contribution in [0.4, 0.5) is 0 Å². The first-order valence-corrected chi connectivity index (χ1v) is 8.84. The van der Waals surface area contributed by atoms with E-state index < -0.39 is 0 Å². The fraction of sp³-hybridized carbons (Fsp3) is 0.316. The fourth-order valence-corrected chi connectivity index (χ4v) is 3.15. The number of nitrogens with zero attached hydrogens (tertiary/aromatic N) is 2. The van der Waals surface area contributed by atoms with Gasteiger partial charge in [0.05, 0.1) is 6.61 Å². The van der Waals surface area contributed by atoms with Gasteiger partial charge < -0.3 is 15.4 Å². The van der Waals surface area contributed by atoms with Gasteiger partial charge in [0.15, 0.2) is 5.69 Å². The molecule has 3 N–H and O–H groups in total. The lowest BCUT2D eigenvalue weighted by molar-refractivity contribution is 0.0945. The van der Waals surface area contributed by atoms with E-state index in [9.17, 15) is 4.79 Å². The molecular formula is C19H21N5O2. The number of fused-ring (bicyclic) bond motifs is 2. The SMILES string of the molecule is O=C(NCCCOc1cccc2cccnc12)c1n[nH]c2c1CNCC2. The van der Waals surface area contributed by atoms with Crippen LogP contribution in [-0.2, 0) is 13.0 Å². The van der Waals surface area contributed by atoms with Gasteiger partial charge in [-0.05, 0) is 18.6 Å². The minimum atomic E-state index is -0.141. The van der Waals surface area contributed by atoms with Gasteiger partial charge in [-0.3, -0.25) is 14.9 Å². The highest BCUT2D eigenvalue weighted by molar-refractivity contribution is 5.94. The number of aromatic amines is 1. The molecule has 0 saturated carbocycles. The van der Waals surface area contributed by atoms with E-state index in [4.69, 9.17) is 4.74 Å². The summed E-state index contributed by atoms with van der Waals surface area (Å²) in [6.45, 7) is 2.64. The number of rotatable bonds is 6. The molecular weight excluding hydrogens is 330 g/mol. The topological polar surface area (TPSA) is 91.9 Å². The van der Waals surface area contributed by atoms with E-state index in [1.165, 1.54) is 0 Å². The van der Waals surface area contributed by atoms with Gasteiger partial charge in [-0.15, -0.1) is 0 Å². The lowest BCUT2D eigenvalue weighted by Gasteiger charge is -2.13. The van der Waals surface area contributed by atoms with Gasteiger partial charge in [-0.1, -0.05) is 18.2 Å². The Morgan fingerprint density at radius 1 is 1.27 bits per heavy atom. The summed E-state index contributed by atoms with van der Waals surface area (Å²) < 4.78 is 5.84. The predicted molar refractivity (Wildman–Crippen MR) is 98.2 cm³/mol. The second-order valence-electron chi connectivity index (χ2n) is 6.25. The number of H-pyrrole nitrogens is 1. The molecule has 1 amide bonds. The Balaban J connectivity index is 1.28. The standard InChI is InChI=1S/C19H21N5O2/c25-19(18-14-12-20-10-7-15(14)23-24-18)22-9-3-11-26-16-6-1-4-13-5-2-8-21-17(13)16/h1-2,4-6,8,20H,3,7,9-12H2,(H,22,25)(H,23,24). The molecule has 1 aliphatic rings. The van der Waals surface area contributed by atoms with Crippen LogP contribution >= 0.6 is 0 Å². The summed E-state index contributed by atoms with van der Waals surface area (Å²) in [6.07, 6.45) is 3.34. The number of benzene rings is 1. The van der Waals surface area contributed by atoms with E-state index in [2.05, 4.69) is 25.8 Å². The maximum atomic E-state index is 12.3. The van der Waals surface area contributed by atoms with Crippen molar-refractivity contribution in [2.45, 2.75) is 19.4 Å². The first-order valence-electron chi connectivity index (χ1n) is 8.84. The normalized spacial score (nSPS) is 13.4. The van der Waals surface area contributed by atoms with Crippen LogP contribution < -0.4 is 15.4 Å². The van der Waals surface area contributed by atoms with E-state index in [0.717, 1.165) is 40.9 Å². The van der Waals surface area contributed by atoms with Crippen LogP contribution in [0.1, 0.15) is 28.2 Å². The van der Waals surface area contributed by atoms with Crippen LogP contribution in [-0.4, -0.2) is 40.8 Å². The summed E-state index contributed by atoms with van der Waals surface area (Å²) in [5, 5.41) is 14.4. The van der Waals surface area contributed by atoms with Crippen molar-refractivity contribution in [3.05, 3.63) is 53.5 Å². The number of pyridine rings is 1. The molecule has 3 heterocycles. The van der Waals surface area contributed by atoms with E-state index >= 15 is 0 Å². The molecule has 0 aliphatic carbocycles. The minimum Gasteiger partial charge on any atom is -0.491 e. The second-order valence-corrected chi connectivity index (χ2v) is 6.25. The van der Waals surface area contributed by atoms with Crippen molar-refractivity contribution in [2.24, 2.45) is 0 Å². The molecule has 1 aromatic carbocycles. The van der Waals surface area contributed by atoms with Gasteiger partial charge in [0.1, 0.15) is 11.3 Å². The Morgan fingerprint density at radius 2 is 2.19 bits per heavy atom. The molecule has 3 aromatic rings.